The number of pyridine rings is 1. The average Bonchev–Trinajstić information content (AvgIpc) is 2.61. The number of carbonyl (C=O) groups excluding carboxylic acids is 1. The molecule has 1 N–H and O–H groups in total. The van der Waals surface area contributed by atoms with Crippen molar-refractivity contribution in [2.75, 3.05) is 25.4 Å². The molecular weight excluding hydrogens is 365 g/mol. The molecule has 0 saturated carbocycles. The number of thioether (sulfide) groups is 1. The van der Waals surface area contributed by atoms with E-state index >= 15 is 0 Å². The number of hydrogen-bond donors (Lipinski definition) is 1. The van der Waals surface area contributed by atoms with Crippen LogP contribution in [0.5, 0.6) is 0 Å². The van der Waals surface area contributed by atoms with E-state index in [4.69, 9.17) is 11.6 Å². The third kappa shape index (κ3) is 4.63. The van der Waals surface area contributed by atoms with Crippen LogP contribution in [0.25, 0.3) is 0 Å². The lowest BCUT2D eigenvalue weighted by Gasteiger charge is -2.37. The summed E-state index contributed by atoms with van der Waals surface area (Å²) >= 11 is 7.86. The zero-order valence-electron chi connectivity index (χ0n) is 13.0. The van der Waals surface area contributed by atoms with Crippen LogP contribution in [0.15, 0.2) is 53.7 Å². The van der Waals surface area contributed by atoms with Gasteiger partial charge in [-0.25, -0.2) is 0 Å². The largest absolute Gasteiger partial charge is 0.332 e. The van der Waals surface area contributed by atoms with Crippen molar-refractivity contribution >= 4 is 41.7 Å². The molecular formula is C17H19Cl2N3OS. The van der Waals surface area contributed by atoms with Crippen LogP contribution in [0, 0.1) is 0 Å². The number of aromatic nitrogens is 1. The SMILES string of the molecule is Cl.O=C(CSc1ccncc1)N1CCNCC1c1ccccc1Cl. The van der Waals surface area contributed by atoms with Crippen molar-refractivity contribution in [1.29, 1.82) is 0 Å². The molecule has 1 amide bonds. The maximum absolute atomic E-state index is 12.7. The fraction of sp³-hybridized carbons (Fsp3) is 0.294. The van der Waals surface area contributed by atoms with Gasteiger partial charge in [-0.3, -0.25) is 9.78 Å². The first-order chi connectivity index (χ1) is 11.3. The molecule has 1 aliphatic rings. The topological polar surface area (TPSA) is 45.2 Å². The summed E-state index contributed by atoms with van der Waals surface area (Å²) in [5, 5.41) is 4.06. The van der Waals surface area contributed by atoms with Crippen LogP contribution in [-0.2, 0) is 4.79 Å². The zero-order chi connectivity index (χ0) is 16.1. The number of benzene rings is 1. The van der Waals surface area contributed by atoms with Gasteiger partial charge in [0.15, 0.2) is 0 Å². The van der Waals surface area contributed by atoms with E-state index < -0.39 is 0 Å². The second kappa shape index (κ2) is 9.28. The molecule has 128 valence electrons. The molecule has 2 heterocycles. The van der Waals surface area contributed by atoms with Gasteiger partial charge < -0.3 is 10.2 Å². The molecule has 7 heteroatoms. The molecule has 24 heavy (non-hydrogen) atoms. The highest BCUT2D eigenvalue weighted by molar-refractivity contribution is 8.00. The van der Waals surface area contributed by atoms with Crippen molar-refractivity contribution in [2.24, 2.45) is 0 Å². The van der Waals surface area contributed by atoms with Crippen molar-refractivity contribution in [3.8, 4) is 0 Å². The summed E-state index contributed by atoms with van der Waals surface area (Å²) in [6, 6.07) is 11.6. The van der Waals surface area contributed by atoms with Gasteiger partial charge in [0.2, 0.25) is 5.91 Å². The Bertz CT molecular complexity index is 672. The Kier molecular flexibility index (Phi) is 7.37. The van der Waals surface area contributed by atoms with E-state index in [0.29, 0.717) is 17.3 Å². The summed E-state index contributed by atoms with van der Waals surface area (Å²) in [4.78, 5) is 19.7. The van der Waals surface area contributed by atoms with Gasteiger partial charge in [0, 0.05) is 41.9 Å². The van der Waals surface area contributed by atoms with Gasteiger partial charge in [-0.05, 0) is 23.8 Å². The molecule has 1 aromatic heterocycles. The molecule has 1 aliphatic heterocycles. The van der Waals surface area contributed by atoms with Gasteiger partial charge in [0.25, 0.3) is 0 Å². The highest BCUT2D eigenvalue weighted by Crippen LogP contribution is 2.29. The van der Waals surface area contributed by atoms with Crippen LogP contribution in [-0.4, -0.2) is 41.2 Å². The highest BCUT2D eigenvalue weighted by atomic mass is 35.5. The molecule has 0 spiro atoms. The number of nitrogens with one attached hydrogen (secondary N) is 1. The maximum Gasteiger partial charge on any atom is 0.233 e. The molecule has 1 fully saturated rings. The molecule has 0 bridgehead atoms. The van der Waals surface area contributed by atoms with Gasteiger partial charge in [0.1, 0.15) is 0 Å². The van der Waals surface area contributed by atoms with Crippen LogP contribution in [0.1, 0.15) is 11.6 Å². The van der Waals surface area contributed by atoms with Crippen LogP contribution in [0.2, 0.25) is 5.02 Å². The molecule has 1 saturated heterocycles. The van der Waals surface area contributed by atoms with E-state index in [9.17, 15) is 4.79 Å². The summed E-state index contributed by atoms with van der Waals surface area (Å²) in [5.74, 6) is 0.559. The Labute approximate surface area is 157 Å². The van der Waals surface area contributed by atoms with Crippen molar-refractivity contribution in [2.45, 2.75) is 10.9 Å². The minimum atomic E-state index is -0.0111. The van der Waals surface area contributed by atoms with Crippen LogP contribution in [0.4, 0.5) is 0 Å². The third-order valence-corrected chi connectivity index (χ3v) is 5.18. The lowest BCUT2D eigenvalue weighted by atomic mass is 10.0. The van der Waals surface area contributed by atoms with Crippen molar-refractivity contribution in [3.05, 3.63) is 59.4 Å². The Morgan fingerprint density at radius 3 is 2.79 bits per heavy atom. The smallest absolute Gasteiger partial charge is 0.233 e. The molecule has 1 unspecified atom stereocenters. The molecule has 2 aromatic rings. The van der Waals surface area contributed by atoms with Crippen LogP contribution < -0.4 is 5.32 Å². The predicted molar refractivity (Wildman–Crippen MR) is 101 cm³/mol. The molecule has 0 aliphatic carbocycles. The van der Waals surface area contributed by atoms with Crippen molar-refractivity contribution in [1.82, 2.24) is 15.2 Å². The summed E-state index contributed by atoms with van der Waals surface area (Å²) in [6.45, 7) is 2.24. The zero-order valence-corrected chi connectivity index (χ0v) is 15.4. The first kappa shape index (κ1) is 19.1. The van der Waals surface area contributed by atoms with Gasteiger partial charge in [-0.1, -0.05) is 29.8 Å². The highest BCUT2D eigenvalue weighted by Gasteiger charge is 2.28. The second-order valence-corrected chi connectivity index (χ2v) is 6.76. The van der Waals surface area contributed by atoms with Crippen molar-refractivity contribution < 1.29 is 4.79 Å². The third-order valence-electron chi connectivity index (χ3n) is 3.84. The lowest BCUT2D eigenvalue weighted by Crippen LogP contribution is -2.49. The first-order valence-corrected chi connectivity index (χ1v) is 8.89. The van der Waals surface area contributed by atoms with E-state index in [1.54, 1.807) is 12.4 Å². The van der Waals surface area contributed by atoms with Crippen LogP contribution >= 0.6 is 35.8 Å². The Morgan fingerprint density at radius 1 is 1.29 bits per heavy atom. The van der Waals surface area contributed by atoms with E-state index in [1.807, 2.05) is 41.3 Å². The standard InChI is InChI=1S/C17H18ClN3OS.ClH/c18-15-4-2-1-3-14(15)16-11-20-9-10-21(16)17(22)12-23-13-5-7-19-8-6-13;/h1-8,16,20H,9-12H2;1H. The average molecular weight is 384 g/mol. The minimum absolute atomic E-state index is 0. The Balaban J connectivity index is 0.00000208. The van der Waals surface area contributed by atoms with Gasteiger partial charge in [-0.15, -0.1) is 24.2 Å². The molecule has 4 nitrogen and oxygen atoms in total. The quantitative estimate of drug-likeness (QED) is 0.821. The minimum Gasteiger partial charge on any atom is -0.332 e. The molecule has 0 radical (unpaired) electrons. The van der Waals surface area contributed by atoms with Gasteiger partial charge in [-0.2, -0.15) is 0 Å². The van der Waals surface area contributed by atoms with E-state index in [-0.39, 0.29) is 24.4 Å². The number of hydrogen-bond acceptors (Lipinski definition) is 4. The Morgan fingerprint density at radius 2 is 2.04 bits per heavy atom. The van der Waals surface area contributed by atoms with Gasteiger partial charge in [0.05, 0.1) is 11.8 Å². The maximum atomic E-state index is 12.7. The lowest BCUT2D eigenvalue weighted by molar-refractivity contribution is -0.131. The van der Waals surface area contributed by atoms with E-state index in [1.165, 1.54) is 11.8 Å². The second-order valence-electron chi connectivity index (χ2n) is 5.30. The molecule has 1 aromatic carbocycles. The summed E-state index contributed by atoms with van der Waals surface area (Å²) in [5.41, 5.74) is 1.00. The number of rotatable bonds is 4. The summed E-state index contributed by atoms with van der Waals surface area (Å²) < 4.78 is 0. The van der Waals surface area contributed by atoms with E-state index in [2.05, 4.69) is 10.3 Å². The number of piperazine rings is 1. The summed E-state index contributed by atoms with van der Waals surface area (Å²) in [6.07, 6.45) is 3.48. The normalized spacial score (nSPS) is 17.2. The number of amides is 1. The first-order valence-electron chi connectivity index (χ1n) is 7.53. The summed E-state index contributed by atoms with van der Waals surface area (Å²) in [7, 11) is 0. The van der Waals surface area contributed by atoms with Crippen molar-refractivity contribution in [3.63, 3.8) is 0 Å². The molecule has 1 atom stereocenters. The Hall–Kier alpha value is -1.27. The van der Waals surface area contributed by atoms with Gasteiger partial charge >= 0.3 is 0 Å². The number of halogens is 2. The van der Waals surface area contributed by atoms with E-state index in [0.717, 1.165) is 23.5 Å². The van der Waals surface area contributed by atoms with Crippen LogP contribution in [0.3, 0.4) is 0 Å². The number of carbonyl (C=O) groups is 1. The fourth-order valence-electron chi connectivity index (χ4n) is 2.69. The molecule has 3 rings (SSSR count). The number of nitrogens with zero attached hydrogens (tertiary/aromatic N) is 2. The predicted octanol–water partition coefficient (Wildman–Crippen LogP) is 3.42. The fourth-order valence-corrected chi connectivity index (χ4v) is 3.72. The monoisotopic (exact) mass is 383 g/mol.